The van der Waals surface area contributed by atoms with Crippen LogP contribution in [0.5, 0.6) is 0 Å². The average Bonchev–Trinajstić information content (AvgIpc) is 1.50. The average molecular weight is 953 g/mol. The Morgan fingerprint density at radius 3 is 1.30 bits per heavy atom. The minimum absolute atomic E-state index is 0.159. The maximum absolute atomic E-state index is 10.5. The molecule has 0 saturated heterocycles. The third-order valence-electron chi connectivity index (χ3n) is 12.6. The van der Waals surface area contributed by atoms with Crippen molar-refractivity contribution in [1.29, 1.82) is 0 Å². The first-order valence-electron chi connectivity index (χ1n) is 36.1. The molecule has 0 N–H and O–H groups in total. The second kappa shape index (κ2) is 14.6. The number of hydrogen-bond donors (Lipinski definition) is 0. The molecule has 330 valence electrons. The van der Waals surface area contributed by atoms with Crippen LogP contribution < -0.4 is 0 Å². The van der Waals surface area contributed by atoms with Gasteiger partial charge in [0.1, 0.15) is 0 Å². The number of nitrogens with zero attached hydrogens (tertiary/aromatic N) is 7. The highest BCUT2D eigenvalue weighted by atomic mass is 32.1. The van der Waals surface area contributed by atoms with Crippen molar-refractivity contribution >= 4 is 119 Å². The van der Waals surface area contributed by atoms with Gasteiger partial charge in [-0.3, -0.25) is 9.13 Å². The van der Waals surface area contributed by atoms with Crippen molar-refractivity contribution in [3.63, 3.8) is 0 Å². The van der Waals surface area contributed by atoms with Gasteiger partial charge in [-0.15, -0.1) is 11.3 Å². The molecule has 0 aliphatic carbocycles. The van der Waals surface area contributed by atoms with Gasteiger partial charge in [0.05, 0.1) is 101 Å². The fraction of sp³-hybridized carbons (Fsp3) is 0. The van der Waals surface area contributed by atoms with Gasteiger partial charge in [-0.05, 0) is 66.5 Å². The zero-order chi connectivity index (χ0) is 71.5. The van der Waals surface area contributed by atoms with Crippen LogP contribution >= 0.6 is 11.3 Å². The molecule has 0 radical (unpaired) electrons. The van der Waals surface area contributed by atoms with E-state index < -0.39 is 275 Å². The summed E-state index contributed by atoms with van der Waals surface area (Å²) in [6, 6.07) is -10.9. The molecule has 16 aromatic rings. The van der Waals surface area contributed by atoms with E-state index in [0.717, 1.165) is 13.7 Å². The number of benzene rings is 10. The molecule has 10 aromatic carbocycles. The van der Waals surface area contributed by atoms with Crippen LogP contribution in [0, 0.1) is 0 Å². The summed E-state index contributed by atoms with van der Waals surface area (Å²) in [5.74, 6) is -2.72. The van der Waals surface area contributed by atoms with Crippen molar-refractivity contribution in [3.8, 4) is 34.7 Å². The Labute approximate surface area is 449 Å². The smallest absolute Gasteiger partial charge is 0.240 e. The van der Waals surface area contributed by atoms with E-state index in [4.69, 9.17) is 30.0 Å². The predicted molar refractivity (Wildman–Crippen MR) is 296 cm³/mol. The predicted octanol–water partition coefficient (Wildman–Crippen LogP) is 16.3. The standard InChI is InChI=1S/C63H37N7S/c1-9-26-47-38(18-1)39-19-2-10-27-48(39)67(47)54-33-17-34-55(68-49-28-11-7-24-44(49)45-36-37-57-58(60(45)68)46-25-8-16-35-56(46)71-57)59(54)61-64-62(69-50-29-12-3-20-40(50)41-21-4-13-30-51(41)69)66-63(65-61)70-52-31-14-5-22-42(52)43-23-6-15-32-53(43)70/h1-37H/i3D,4D,5D,6D,7D,8D,11D,12D,13D,14D,15D,16D,17D,20D,21D,22D,23D,24D,25D,28D,29D,30D,31D,32D,33D,34D,35D,36D,37D. The molecule has 16 rings (SSSR count). The van der Waals surface area contributed by atoms with E-state index in [0.29, 0.717) is 22.1 Å². The number of fused-ring (bicyclic) bond motifs is 16. The Balaban J connectivity index is 1.26. The number of rotatable bonds is 5. The molecule has 6 heterocycles. The minimum atomic E-state index is -1.00. The van der Waals surface area contributed by atoms with E-state index >= 15 is 0 Å². The van der Waals surface area contributed by atoms with Crippen LogP contribution in [0.15, 0.2) is 224 Å². The van der Waals surface area contributed by atoms with Gasteiger partial charge in [0.25, 0.3) is 0 Å². The molecule has 0 spiro atoms. The molecule has 0 unspecified atom stereocenters. The summed E-state index contributed by atoms with van der Waals surface area (Å²) in [5.41, 5.74) is -4.86. The van der Waals surface area contributed by atoms with E-state index in [1.807, 2.05) is 0 Å². The van der Waals surface area contributed by atoms with Crippen molar-refractivity contribution < 1.29 is 39.8 Å². The van der Waals surface area contributed by atoms with Crippen molar-refractivity contribution in [2.75, 3.05) is 0 Å². The minimum Gasteiger partial charge on any atom is -0.308 e. The number of aromatic nitrogens is 7. The normalized spacial score (nSPS) is 17.9. The van der Waals surface area contributed by atoms with E-state index in [2.05, 4.69) is 0 Å². The van der Waals surface area contributed by atoms with Gasteiger partial charge in [-0.2, -0.15) is 15.0 Å². The van der Waals surface area contributed by atoms with Gasteiger partial charge >= 0.3 is 0 Å². The zero-order valence-corrected chi connectivity index (χ0v) is 36.5. The van der Waals surface area contributed by atoms with E-state index in [1.54, 1.807) is 48.5 Å². The van der Waals surface area contributed by atoms with Gasteiger partial charge in [0, 0.05) is 63.3 Å². The van der Waals surface area contributed by atoms with E-state index in [-0.39, 0.29) is 31.2 Å². The Morgan fingerprint density at radius 2 is 0.761 bits per heavy atom. The summed E-state index contributed by atoms with van der Waals surface area (Å²) in [6.07, 6.45) is 0. The molecule has 0 aliphatic heterocycles. The molecule has 0 fully saturated rings. The lowest BCUT2D eigenvalue weighted by Gasteiger charge is -2.20. The molecule has 71 heavy (non-hydrogen) atoms. The second-order valence-electron chi connectivity index (χ2n) is 16.2. The van der Waals surface area contributed by atoms with Crippen LogP contribution in [-0.4, -0.2) is 33.2 Å². The fourth-order valence-corrected chi connectivity index (χ4v) is 10.8. The molecule has 8 heteroatoms. The molecular weight excluding hydrogens is 887 g/mol. The van der Waals surface area contributed by atoms with Gasteiger partial charge < -0.3 is 9.13 Å². The van der Waals surface area contributed by atoms with Crippen molar-refractivity contribution in [3.05, 3.63) is 224 Å². The third kappa shape index (κ3) is 5.34. The molecule has 6 aromatic heterocycles. The maximum Gasteiger partial charge on any atom is 0.240 e. The fourth-order valence-electron chi connectivity index (χ4n) is 9.84. The van der Waals surface area contributed by atoms with Crippen LogP contribution in [0.25, 0.3) is 142 Å². The van der Waals surface area contributed by atoms with E-state index in [1.165, 1.54) is 4.57 Å². The highest BCUT2D eigenvalue weighted by Gasteiger charge is 2.28. The summed E-state index contributed by atoms with van der Waals surface area (Å²) in [6.45, 7) is 0. The highest BCUT2D eigenvalue weighted by molar-refractivity contribution is 7.26. The summed E-state index contributed by atoms with van der Waals surface area (Å²) in [5, 5.41) is -2.57. The first kappa shape index (κ1) is 20.3. The van der Waals surface area contributed by atoms with Crippen molar-refractivity contribution in [2.45, 2.75) is 0 Å². The Kier molecular flexibility index (Phi) is 4.17. The van der Waals surface area contributed by atoms with E-state index in [9.17, 15) is 24.7 Å². The third-order valence-corrected chi connectivity index (χ3v) is 13.7. The summed E-state index contributed by atoms with van der Waals surface area (Å²) in [4.78, 5) is 15.0. The molecule has 0 atom stereocenters. The molecule has 0 bridgehead atoms. The van der Waals surface area contributed by atoms with Crippen molar-refractivity contribution in [1.82, 2.24) is 33.2 Å². The van der Waals surface area contributed by atoms with Crippen LogP contribution in [0.4, 0.5) is 0 Å². The second-order valence-corrected chi connectivity index (χ2v) is 17.2. The first-order valence-corrected chi connectivity index (χ1v) is 22.4. The van der Waals surface area contributed by atoms with Crippen LogP contribution in [-0.2, 0) is 0 Å². The van der Waals surface area contributed by atoms with Gasteiger partial charge in [0.2, 0.25) is 11.9 Å². The Hall–Kier alpha value is -9.37. The summed E-state index contributed by atoms with van der Waals surface area (Å²) < 4.78 is 277. The lowest BCUT2D eigenvalue weighted by atomic mass is 10.1. The summed E-state index contributed by atoms with van der Waals surface area (Å²) >= 11 is 0.673. The number of hydrogen-bond acceptors (Lipinski definition) is 4. The lowest BCUT2D eigenvalue weighted by Crippen LogP contribution is -2.12. The zero-order valence-electron chi connectivity index (χ0n) is 64.7. The summed E-state index contributed by atoms with van der Waals surface area (Å²) in [7, 11) is 0. The quantitative estimate of drug-likeness (QED) is 0.173. The topological polar surface area (TPSA) is 58.4 Å². The molecule has 0 amide bonds. The monoisotopic (exact) mass is 952 g/mol. The lowest BCUT2D eigenvalue weighted by molar-refractivity contribution is 0.891. The van der Waals surface area contributed by atoms with Gasteiger partial charge in [0.15, 0.2) is 5.82 Å². The molecule has 0 aliphatic rings. The molecule has 0 saturated carbocycles. The molecule has 7 nitrogen and oxygen atoms in total. The Bertz CT molecular complexity index is 6280. The van der Waals surface area contributed by atoms with Gasteiger partial charge in [-0.25, -0.2) is 0 Å². The Morgan fingerprint density at radius 1 is 0.324 bits per heavy atom. The van der Waals surface area contributed by atoms with Crippen LogP contribution in [0.2, 0.25) is 0 Å². The largest absolute Gasteiger partial charge is 0.308 e. The van der Waals surface area contributed by atoms with Crippen LogP contribution in [0.3, 0.4) is 0 Å². The molecular formula is C63H37N7S. The van der Waals surface area contributed by atoms with Gasteiger partial charge in [-0.1, -0.05) is 157 Å². The van der Waals surface area contributed by atoms with Crippen molar-refractivity contribution in [2.24, 2.45) is 0 Å². The number of para-hydroxylation sites is 7. The first-order chi connectivity index (χ1) is 47.3. The number of thiophene rings is 1. The SMILES string of the molecule is [2H]c1c([2H])c(-n2c3ccccc3c3ccccc32)c(-c2nc(-n3c4c([2H])c([2H])c([2H])c([2H])c4c4c([2H])c([2H])c([2H])c([2H])c43)nc(-n3c4c([2H])c([2H])c([2H])c([2H])c4c4c([2H])c([2H])c([2H])c([2H])c43)n2)c(-n2c3c([2H])c([2H])c([2H])c([2H])c3c3c([2H])c([2H])c4sc5c([2H])c([2H])c([2H])c([2H])c5c4c32)c1[2H]. The van der Waals surface area contributed by atoms with Crippen LogP contribution in [0.1, 0.15) is 39.8 Å². The highest BCUT2D eigenvalue weighted by Crippen LogP contribution is 2.46. The maximum atomic E-state index is 10.5.